The molecule has 4 rings (SSSR count). The molecule has 0 spiro atoms. The number of fused-ring (bicyclic) bond motifs is 1. The Labute approximate surface area is 150 Å². The number of pyridine rings is 1. The van der Waals surface area contributed by atoms with Crippen LogP contribution in [0.15, 0.2) is 54.6 Å². The van der Waals surface area contributed by atoms with E-state index in [0.717, 1.165) is 39.0 Å². The third-order valence-electron chi connectivity index (χ3n) is 4.00. The van der Waals surface area contributed by atoms with Crippen LogP contribution < -0.4 is 11.9 Å². The van der Waals surface area contributed by atoms with Gasteiger partial charge in [-0.3, -0.25) is 5.10 Å². The lowest BCUT2D eigenvalue weighted by atomic mass is 9.95. The summed E-state index contributed by atoms with van der Waals surface area (Å²) in [6, 6.07) is 17.7. The van der Waals surface area contributed by atoms with E-state index in [1.165, 1.54) is 0 Å². The van der Waals surface area contributed by atoms with Gasteiger partial charge in [-0.2, -0.15) is 5.10 Å². The third kappa shape index (κ3) is 2.95. The lowest BCUT2D eigenvalue weighted by Crippen LogP contribution is -1.98. The fraction of sp³-hybridized carbons (Fsp3) is 0.0526. The lowest BCUT2D eigenvalue weighted by Gasteiger charge is -2.13. The van der Waals surface area contributed by atoms with Crippen molar-refractivity contribution in [3.05, 3.63) is 65.3 Å². The summed E-state index contributed by atoms with van der Waals surface area (Å²) in [6.45, 7) is 1.96. The van der Waals surface area contributed by atoms with E-state index in [0.29, 0.717) is 10.8 Å². The first-order valence-electron chi connectivity index (χ1n) is 7.60. The number of hydrogen-bond acceptors (Lipinski definition) is 4. The van der Waals surface area contributed by atoms with Gasteiger partial charge in [-0.1, -0.05) is 48.0 Å². The van der Waals surface area contributed by atoms with Gasteiger partial charge in [0.15, 0.2) is 0 Å². The first-order valence-corrected chi connectivity index (χ1v) is 7.98. The van der Waals surface area contributed by atoms with Crippen LogP contribution in [-0.2, 0) is 0 Å². The molecule has 0 fully saturated rings. The van der Waals surface area contributed by atoms with E-state index in [2.05, 4.69) is 15.2 Å². The number of rotatable bonds is 2. The highest BCUT2D eigenvalue weighted by molar-refractivity contribution is 6.31. The Morgan fingerprint density at radius 3 is 2.44 bits per heavy atom. The fourth-order valence-electron chi connectivity index (χ4n) is 2.95. The number of nitrogen functional groups attached to an aromatic ring is 1. The largest absolute Gasteiger partial charge is 0.383 e. The predicted molar refractivity (Wildman–Crippen MR) is 104 cm³/mol. The summed E-state index contributed by atoms with van der Waals surface area (Å²) in [5.74, 6) is 0.493. The zero-order chi connectivity index (χ0) is 16.7. The van der Waals surface area contributed by atoms with Gasteiger partial charge in [0.25, 0.3) is 0 Å². The molecule has 0 aliphatic carbocycles. The topological polar surface area (TPSA) is 103 Å². The minimum Gasteiger partial charge on any atom is -0.383 e. The maximum Gasteiger partial charge on any atom is 0.132 e. The van der Waals surface area contributed by atoms with Crippen LogP contribution in [0.5, 0.6) is 0 Å². The highest BCUT2D eigenvalue weighted by Crippen LogP contribution is 2.38. The molecule has 5 nitrogen and oxygen atoms in total. The summed E-state index contributed by atoms with van der Waals surface area (Å²) < 4.78 is 0. The van der Waals surface area contributed by atoms with E-state index < -0.39 is 0 Å². The first kappa shape index (κ1) is 17.0. The Balaban J connectivity index is 0.00000182. The van der Waals surface area contributed by atoms with Crippen LogP contribution in [0.3, 0.4) is 0 Å². The average Bonchev–Trinajstić information content (AvgIpc) is 3.01. The lowest BCUT2D eigenvalue weighted by molar-refractivity contribution is 1.05. The highest BCUT2D eigenvalue weighted by atomic mass is 35.5. The minimum atomic E-state index is 0. The van der Waals surface area contributed by atoms with E-state index in [1.54, 1.807) is 0 Å². The van der Waals surface area contributed by atoms with Crippen LogP contribution in [0.25, 0.3) is 33.3 Å². The van der Waals surface area contributed by atoms with Crippen molar-refractivity contribution in [3.8, 4) is 22.5 Å². The highest BCUT2D eigenvalue weighted by Gasteiger charge is 2.17. The molecule has 6 heteroatoms. The van der Waals surface area contributed by atoms with E-state index in [9.17, 15) is 0 Å². The van der Waals surface area contributed by atoms with E-state index >= 15 is 0 Å². The van der Waals surface area contributed by atoms with Gasteiger partial charge in [0.05, 0.1) is 0 Å². The number of anilines is 1. The van der Waals surface area contributed by atoms with Crippen LogP contribution in [0.2, 0.25) is 5.02 Å². The molecule has 2 aromatic heterocycles. The summed E-state index contributed by atoms with van der Waals surface area (Å²) in [5.41, 5.74) is 10.7. The Hall–Kier alpha value is -2.89. The Morgan fingerprint density at radius 2 is 1.76 bits per heavy atom. The molecule has 0 unspecified atom stereocenters. The van der Waals surface area contributed by atoms with E-state index in [4.69, 9.17) is 17.3 Å². The van der Waals surface area contributed by atoms with Crippen molar-refractivity contribution in [2.24, 2.45) is 0 Å². The number of aromatic nitrogens is 3. The summed E-state index contributed by atoms with van der Waals surface area (Å²) in [5, 5.41) is 9.96. The molecule has 0 saturated carbocycles. The number of benzene rings is 2. The zero-order valence-corrected chi connectivity index (χ0v) is 14.5. The van der Waals surface area contributed by atoms with Gasteiger partial charge in [-0.05, 0) is 36.1 Å². The molecule has 0 atom stereocenters. The number of nitrogens with one attached hydrogen (secondary N) is 1. The fourth-order valence-corrected chi connectivity index (χ4v) is 3.14. The van der Waals surface area contributed by atoms with Gasteiger partial charge >= 0.3 is 0 Å². The molecule has 0 saturated heterocycles. The number of hydrogen-bond donors (Lipinski definition) is 3. The molecule has 25 heavy (non-hydrogen) atoms. The number of aromatic amines is 1. The summed E-state index contributed by atoms with van der Waals surface area (Å²) >= 11 is 6.21. The van der Waals surface area contributed by atoms with Crippen molar-refractivity contribution in [3.63, 3.8) is 0 Å². The normalized spacial score (nSPS) is 10.6. The standard InChI is InChI=1S/C19H15ClN4.H3N/c1-11-9-16(24-23-11)18-17(12-5-4-6-13(20)10-12)14-7-2-3-8-15(14)19(21)22-18;/h2-10H,1H3,(H2,21,22)(H,23,24);1H3. The molecule has 4 aromatic rings. The number of nitrogens with two attached hydrogens (primary N) is 1. The van der Waals surface area contributed by atoms with Crippen molar-refractivity contribution in [1.82, 2.24) is 21.3 Å². The Kier molecular flexibility index (Phi) is 4.44. The van der Waals surface area contributed by atoms with Crippen LogP contribution in [-0.4, -0.2) is 15.2 Å². The summed E-state index contributed by atoms with van der Waals surface area (Å²) in [7, 11) is 0. The van der Waals surface area contributed by atoms with E-state index in [1.807, 2.05) is 61.5 Å². The summed E-state index contributed by atoms with van der Waals surface area (Å²) in [4.78, 5) is 4.64. The molecule has 0 aliphatic heterocycles. The van der Waals surface area contributed by atoms with Crippen molar-refractivity contribution < 1.29 is 0 Å². The molecule has 0 radical (unpaired) electrons. The number of nitrogens with zero attached hydrogens (tertiary/aromatic N) is 2. The molecule has 126 valence electrons. The Morgan fingerprint density at radius 1 is 1.00 bits per heavy atom. The van der Waals surface area contributed by atoms with Crippen molar-refractivity contribution in [2.75, 3.05) is 5.73 Å². The zero-order valence-electron chi connectivity index (χ0n) is 13.8. The van der Waals surface area contributed by atoms with E-state index in [-0.39, 0.29) is 6.15 Å². The van der Waals surface area contributed by atoms with Crippen LogP contribution in [0.4, 0.5) is 5.82 Å². The second kappa shape index (κ2) is 6.55. The monoisotopic (exact) mass is 351 g/mol. The molecule has 0 aliphatic rings. The molecule has 2 heterocycles. The molecular formula is C19H18ClN5. The molecular weight excluding hydrogens is 334 g/mol. The predicted octanol–water partition coefficient (Wildman–Crippen LogP) is 5.00. The Bertz CT molecular complexity index is 1050. The second-order valence-corrected chi connectivity index (χ2v) is 6.15. The molecule has 2 aromatic carbocycles. The maximum atomic E-state index is 6.21. The van der Waals surface area contributed by atoms with Crippen LogP contribution in [0.1, 0.15) is 5.69 Å². The molecule has 6 N–H and O–H groups in total. The molecule has 0 amide bonds. The van der Waals surface area contributed by atoms with Crippen molar-refractivity contribution in [1.29, 1.82) is 0 Å². The van der Waals surface area contributed by atoms with Gasteiger partial charge in [0.1, 0.15) is 17.2 Å². The third-order valence-corrected chi connectivity index (χ3v) is 4.24. The average molecular weight is 352 g/mol. The number of halogens is 1. The summed E-state index contributed by atoms with van der Waals surface area (Å²) in [6.07, 6.45) is 0. The van der Waals surface area contributed by atoms with Gasteiger partial charge in [0.2, 0.25) is 0 Å². The smallest absolute Gasteiger partial charge is 0.132 e. The van der Waals surface area contributed by atoms with Crippen LogP contribution in [0, 0.1) is 6.92 Å². The van der Waals surface area contributed by atoms with Gasteiger partial charge < -0.3 is 11.9 Å². The number of aryl methyl sites for hydroxylation is 1. The van der Waals surface area contributed by atoms with Crippen molar-refractivity contribution in [2.45, 2.75) is 6.92 Å². The second-order valence-electron chi connectivity index (χ2n) is 5.71. The van der Waals surface area contributed by atoms with Crippen molar-refractivity contribution >= 4 is 28.2 Å². The SMILES string of the molecule is Cc1cc(-c2nc(N)c3ccccc3c2-c2cccc(Cl)c2)n[nH]1.N. The van der Waals surface area contributed by atoms with Gasteiger partial charge in [-0.25, -0.2) is 4.98 Å². The number of H-pyrrole nitrogens is 1. The minimum absolute atomic E-state index is 0. The first-order chi connectivity index (χ1) is 11.6. The molecule has 0 bridgehead atoms. The maximum absolute atomic E-state index is 6.21. The van der Waals surface area contributed by atoms with Gasteiger partial charge in [-0.15, -0.1) is 0 Å². The van der Waals surface area contributed by atoms with Gasteiger partial charge in [0, 0.05) is 21.7 Å². The van der Waals surface area contributed by atoms with Crippen LogP contribution >= 0.6 is 11.6 Å². The quantitative estimate of drug-likeness (QED) is 0.473.